The van der Waals surface area contributed by atoms with Gasteiger partial charge in [-0.25, -0.2) is 13.8 Å². The minimum atomic E-state index is -2.70. The summed E-state index contributed by atoms with van der Waals surface area (Å²) in [6.45, 7) is 4.38. The Morgan fingerprint density at radius 1 is 1.21 bits per heavy atom. The molecule has 3 aliphatic heterocycles. The minimum Gasteiger partial charge on any atom is -0.481 e. The van der Waals surface area contributed by atoms with Crippen molar-refractivity contribution >= 4 is 17.4 Å². The van der Waals surface area contributed by atoms with E-state index in [1.54, 1.807) is 30.2 Å². The van der Waals surface area contributed by atoms with Crippen molar-refractivity contribution in [2.75, 3.05) is 44.9 Å². The predicted octanol–water partition coefficient (Wildman–Crippen LogP) is 4.70. The first kappa shape index (κ1) is 27.1. The van der Waals surface area contributed by atoms with Crippen molar-refractivity contribution in [1.82, 2.24) is 15.2 Å². The molecule has 0 aliphatic carbocycles. The first-order valence-corrected chi connectivity index (χ1v) is 13.5. The Hall–Kier alpha value is -3.53. The number of benzene rings is 1. The number of nitrogens with one attached hydrogen (secondary N) is 2. The molecule has 0 bridgehead atoms. The third-order valence-corrected chi connectivity index (χ3v) is 7.81. The fourth-order valence-electron chi connectivity index (χ4n) is 5.66. The number of alkyl halides is 2. The smallest absolute Gasteiger partial charge is 0.264 e. The second kappa shape index (κ2) is 11.7. The van der Waals surface area contributed by atoms with E-state index in [4.69, 9.17) is 9.47 Å². The minimum absolute atomic E-state index is 0.0399. The molecule has 0 saturated carbocycles. The maximum Gasteiger partial charge on any atom is 0.264 e. The molecule has 2 aromatic rings. The van der Waals surface area contributed by atoms with Gasteiger partial charge in [0.25, 0.3) is 6.43 Å². The highest BCUT2D eigenvalue weighted by Gasteiger charge is 2.31. The Morgan fingerprint density at radius 2 is 2.00 bits per heavy atom. The van der Waals surface area contributed by atoms with E-state index >= 15 is 0 Å². The maximum atomic E-state index is 14.4. The van der Waals surface area contributed by atoms with Crippen molar-refractivity contribution in [3.63, 3.8) is 0 Å². The van der Waals surface area contributed by atoms with Crippen molar-refractivity contribution < 1.29 is 23.0 Å². The van der Waals surface area contributed by atoms with Crippen LogP contribution in [0.4, 0.5) is 14.5 Å². The zero-order valence-corrected chi connectivity index (χ0v) is 22.4. The Balaban J connectivity index is 1.53. The molecule has 208 valence electrons. The molecule has 1 saturated heterocycles. The summed E-state index contributed by atoms with van der Waals surface area (Å²) in [7, 11) is 1.49. The van der Waals surface area contributed by atoms with E-state index in [2.05, 4.69) is 10.3 Å². The average molecular weight is 540 g/mol. The summed E-state index contributed by atoms with van der Waals surface area (Å²) >= 11 is 0. The topological polar surface area (TPSA) is 90.8 Å². The number of halogens is 2. The maximum absolute atomic E-state index is 14.4. The van der Waals surface area contributed by atoms with Gasteiger partial charge in [0.15, 0.2) is 0 Å². The number of rotatable bonds is 6. The van der Waals surface area contributed by atoms with Gasteiger partial charge in [0.2, 0.25) is 11.8 Å². The van der Waals surface area contributed by atoms with Gasteiger partial charge in [-0.2, -0.15) is 0 Å². The van der Waals surface area contributed by atoms with Crippen LogP contribution >= 0.6 is 0 Å². The Bertz CT molecular complexity index is 1280. The van der Waals surface area contributed by atoms with Crippen LogP contribution in [0.25, 0.3) is 11.1 Å². The van der Waals surface area contributed by atoms with Gasteiger partial charge < -0.3 is 24.6 Å². The van der Waals surface area contributed by atoms with Gasteiger partial charge in [0.05, 0.1) is 13.7 Å². The fraction of sp³-hybridized carbons (Fsp3) is 0.483. The number of aryl methyl sites for hydroxylation is 1. The zero-order chi connectivity index (χ0) is 27.5. The quantitative estimate of drug-likeness (QED) is 0.409. The number of amides is 1. The molecule has 0 atom stereocenters. The molecule has 10 heteroatoms. The zero-order valence-electron chi connectivity index (χ0n) is 22.4. The molecule has 4 heterocycles. The second-order valence-corrected chi connectivity index (χ2v) is 10.2. The molecule has 3 aliphatic rings. The van der Waals surface area contributed by atoms with Gasteiger partial charge in [-0.3, -0.25) is 10.2 Å². The molecule has 1 aromatic carbocycles. The summed E-state index contributed by atoms with van der Waals surface area (Å²) in [6.07, 6.45) is 2.75. The molecular weight excluding hydrogens is 504 g/mol. The van der Waals surface area contributed by atoms with Gasteiger partial charge in [-0.15, -0.1) is 0 Å². The summed E-state index contributed by atoms with van der Waals surface area (Å²) in [6, 6.07) is 6.97. The van der Waals surface area contributed by atoms with Gasteiger partial charge in [-0.1, -0.05) is 0 Å². The first-order chi connectivity index (χ1) is 18.9. The van der Waals surface area contributed by atoms with E-state index in [0.29, 0.717) is 62.0 Å². The van der Waals surface area contributed by atoms with Crippen LogP contribution in [0.15, 0.2) is 41.7 Å². The lowest BCUT2D eigenvalue weighted by Crippen LogP contribution is -2.46. The number of hydrogen-bond donors (Lipinski definition) is 2. The van der Waals surface area contributed by atoms with Crippen molar-refractivity contribution in [2.24, 2.45) is 0 Å². The number of carbonyl (C=O) groups excluding carboxylic acids is 1. The van der Waals surface area contributed by atoms with E-state index in [0.717, 1.165) is 42.5 Å². The second-order valence-electron chi connectivity index (χ2n) is 10.2. The van der Waals surface area contributed by atoms with Crippen molar-refractivity contribution in [3.05, 3.63) is 52.9 Å². The number of amidine groups is 1. The van der Waals surface area contributed by atoms with Crippen LogP contribution in [0.3, 0.4) is 0 Å². The van der Waals surface area contributed by atoms with Crippen LogP contribution in [0, 0.1) is 5.41 Å². The lowest BCUT2D eigenvalue weighted by Gasteiger charge is -2.38. The Morgan fingerprint density at radius 3 is 2.72 bits per heavy atom. The molecule has 39 heavy (non-hydrogen) atoms. The number of nitrogens with zero attached hydrogens (tertiary/aromatic N) is 3. The van der Waals surface area contributed by atoms with Crippen LogP contribution < -0.4 is 15.0 Å². The molecule has 8 nitrogen and oxygen atoms in total. The van der Waals surface area contributed by atoms with Crippen molar-refractivity contribution in [1.29, 1.82) is 5.41 Å². The summed E-state index contributed by atoms with van der Waals surface area (Å²) < 4.78 is 39.6. The summed E-state index contributed by atoms with van der Waals surface area (Å²) in [5, 5.41) is 12.9. The van der Waals surface area contributed by atoms with Crippen LogP contribution in [-0.4, -0.2) is 67.6 Å². The molecule has 0 spiro atoms. The lowest BCUT2D eigenvalue weighted by atomic mass is 9.91. The van der Waals surface area contributed by atoms with E-state index in [9.17, 15) is 19.0 Å². The number of hydrogen-bond acceptors (Lipinski definition) is 6. The number of carbonyl (C=O) groups is 1. The highest BCUT2D eigenvalue weighted by Crippen LogP contribution is 2.40. The van der Waals surface area contributed by atoms with Gasteiger partial charge in [0, 0.05) is 80.5 Å². The van der Waals surface area contributed by atoms with Crippen molar-refractivity contribution in [3.8, 4) is 17.0 Å². The Labute approximate surface area is 227 Å². The standard InChI is InChI=1S/C29H35F2N5O3/c1-18(37)35-11-6-25(34-21-7-12-39-13-8-21)24(17-35)29(32)36-10-3-4-20-14-22(23(28(30)31)16-26(20)36)19-5-9-33-27(15-19)38-2/h5,9,14-16,21,28,32,34H,3-4,6-8,10-13,17H2,1-2H3. The highest BCUT2D eigenvalue weighted by molar-refractivity contribution is 6.09. The molecule has 5 rings (SSSR count). The largest absolute Gasteiger partial charge is 0.481 e. The van der Waals surface area contributed by atoms with E-state index in [1.165, 1.54) is 13.2 Å². The SMILES string of the molecule is COc1cc(-c2cc3c(cc2C(F)F)N(C(=N)C2=C(NC4CCOCC4)CCN(C(C)=O)C2)CCC3)ccn1. The van der Waals surface area contributed by atoms with Gasteiger partial charge in [-0.05, 0) is 60.6 Å². The average Bonchev–Trinajstić information content (AvgIpc) is 2.96. The Kier molecular flexibility index (Phi) is 8.11. The summed E-state index contributed by atoms with van der Waals surface area (Å²) in [5.74, 6) is 0.578. The van der Waals surface area contributed by atoms with Crippen LogP contribution in [-0.2, 0) is 16.0 Å². The summed E-state index contributed by atoms with van der Waals surface area (Å²) in [4.78, 5) is 20.0. The van der Waals surface area contributed by atoms with E-state index in [-0.39, 0.29) is 23.3 Å². The molecule has 1 fully saturated rings. The number of fused-ring (bicyclic) bond motifs is 1. The summed E-state index contributed by atoms with van der Waals surface area (Å²) in [5.41, 5.74) is 4.22. The van der Waals surface area contributed by atoms with Crippen LogP contribution in [0.2, 0.25) is 0 Å². The molecule has 2 N–H and O–H groups in total. The molecule has 0 unspecified atom stereocenters. The van der Waals surface area contributed by atoms with E-state index in [1.807, 2.05) is 11.0 Å². The molecule has 1 amide bonds. The number of ether oxygens (including phenoxy) is 2. The van der Waals surface area contributed by atoms with Gasteiger partial charge in [0.1, 0.15) is 5.84 Å². The monoisotopic (exact) mass is 539 g/mol. The van der Waals surface area contributed by atoms with E-state index < -0.39 is 6.43 Å². The highest BCUT2D eigenvalue weighted by atomic mass is 19.3. The first-order valence-electron chi connectivity index (χ1n) is 13.5. The third kappa shape index (κ3) is 5.75. The normalized spacial score (nSPS) is 18.3. The van der Waals surface area contributed by atoms with Gasteiger partial charge >= 0.3 is 0 Å². The number of pyridine rings is 1. The van der Waals surface area contributed by atoms with Crippen LogP contribution in [0.5, 0.6) is 5.88 Å². The van der Waals surface area contributed by atoms with Crippen LogP contribution in [0.1, 0.15) is 50.2 Å². The van der Waals surface area contributed by atoms with Crippen molar-refractivity contribution in [2.45, 2.75) is 51.5 Å². The number of methoxy groups -OCH3 is 1. The molecular formula is C29H35F2N5O3. The fourth-order valence-corrected chi connectivity index (χ4v) is 5.66. The molecule has 0 radical (unpaired) electrons. The third-order valence-electron chi connectivity index (χ3n) is 7.81. The lowest BCUT2D eigenvalue weighted by molar-refractivity contribution is -0.128. The number of anilines is 1. The molecule has 1 aromatic heterocycles. The predicted molar refractivity (Wildman–Crippen MR) is 145 cm³/mol. The number of aromatic nitrogens is 1.